The first-order chi connectivity index (χ1) is 12.3. The molecule has 0 saturated carbocycles. The lowest BCUT2D eigenvalue weighted by Crippen LogP contribution is -2.47. The highest BCUT2D eigenvalue weighted by molar-refractivity contribution is 7.22. The van der Waals surface area contributed by atoms with E-state index in [0.29, 0.717) is 0 Å². The van der Waals surface area contributed by atoms with Crippen molar-refractivity contribution in [2.24, 2.45) is 0 Å². The monoisotopic (exact) mass is 350 g/mol. The van der Waals surface area contributed by atoms with Crippen LogP contribution < -0.4 is 9.80 Å². The molecule has 0 spiro atoms. The second kappa shape index (κ2) is 5.70. The normalized spacial score (nSPS) is 15.4. The van der Waals surface area contributed by atoms with Gasteiger partial charge in [-0.05, 0) is 25.1 Å². The van der Waals surface area contributed by atoms with Gasteiger partial charge in [0, 0.05) is 38.6 Å². The third-order valence-corrected chi connectivity index (χ3v) is 5.72. The first-order valence-electron chi connectivity index (χ1n) is 8.44. The van der Waals surface area contributed by atoms with E-state index in [1.54, 1.807) is 11.3 Å². The molecule has 0 unspecified atom stereocenters. The van der Waals surface area contributed by atoms with Crippen LogP contribution >= 0.6 is 11.3 Å². The molecule has 25 heavy (non-hydrogen) atoms. The summed E-state index contributed by atoms with van der Waals surface area (Å²) in [6, 6.07) is 10.4. The van der Waals surface area contributed by atoms with Crippen LogP contribution in [0, 0.1) is 6.92 Å². The second-order valence-corrected chi connectivity index (χ2v) is 7.31. The summed E-state index contributed by atoms with van der Waals surface area (Å²) in [5, 5.41) is 5.60. The fraction of sp³-hybridized carbons (Fsp3) is 0.278. The minimum Gasteiger partial charge on any atom is -0.351 e. The number of hydrogen-bond acceptors (Lipinski definition) is 6. The van der Waals surface area contributed by atoms with E-state index < -0.39 is 0 Å². The summed E-state index contributed by atoms with van der Waals surface area (Å²) in [4.78, 5) is 14.1. The van der Waals surface area contributed by atoms with Crippen molar-refractivity contribution in [2.75, 3.05) is 36.0 Å². The van der Waals surface area contributed by atoms with E-state index in [9.17, 15) is 0 Å². The topological polar surface area (TPSA) is 49.6 Å². The highest BCUT2D eigenvalue weighted by Gasteiger charge is 2.22. The summed E-state index contributed by atoms with van der Waals surface area (Å²) in [5.41, 5.74) is 3.18. The highest BCUT2D eigenvalue weighted by atomic mass is 32.1. The highest BCUT2D eigenvalue weighted by Crippen LogP contribution is 2.30. The van der Waals surface area contributed by atoms with Gasteiger partial charge in [0.2, 0.25) is 0 Å². The minimum atomic E-state index is 0.937. The number of thiazole rings is 1. The first kappa shape index (κ1) is 14.7. The molecule has 3 aromatic heterocycles. The predicted octanol–water partition coefficient (Wildman–Crippen LogP) is 2.97. The lowest BCUT2D eigenvalue weighted by atomic mass is 10.3. The third-order valence-electron chi connectivity index (χ3n) is 4.62. The molecule has 0 amide bonds. The van der Waals surface area contributed by atoms with E-state index in [2.05, 4.69) is 44.1 Å². The first-order valence-corrected chi connectivity index (χ1v) is 9.26. The van der Waals surface area contributed by atoms with Gasteiger partial charge in [0.05, 0.1) is 15.9 Å². The van der Waals surface area contributed by atoms with Crippen LogP contribution in [-0.2, 0) is 0 Å². The zero-order valence-electron chi connectivity index (χ0n) is 14.0. The van der Waals surface area contributed by atoms with Crippen LogP contribution in [-0.4, -0.2) is 45.8 Å². The Labute approximate surface area is 149 Å². The van der Waals surface area contributed by atoms with Gasteiger partial charge in [-0.3, -0.25) is 0 Å². The maximum atomic E-state index is 4.78. The summed E-state index contributed by atoms with van der Waals surface area (Å²) in [6.45, 7) is 5.80. The molecular weight excluding hydrogens is 332 g/mol. The van der Waals surface area contributed by atoms with Crippen molar-refractivity contribution in [3.05, 3.63) is 48.4 Å². The van der Waals surface area contributed by atoms with Crippen LogP contribution in [0.25, 0.3) is 15.7 Å². The van der Waals surface area contributed by atoms with Crippen LogP contribution in [0.4, 0.5) is 10.9 Å². The Morgan fingerprint density at radius 2 is 1.84 bits per heavy atom. The predicted molar refractivity (Wildman–Crippen MR) is 102 cm³/mol. The zero-order valence-corrected chi connectivity index (χ0v) is 14.8. The van der Waals surface area contributed by atoms with Crippen LogP contribution in [0.2, 0.25) is 0 Å². The maximum absolute atomic E-state index is 4.78. The summed E-state index contributed by atoms with van der Waals surface area (Å²) in [6.07, 6.45) is 3.73. The number of rotatable bonds is 2. The number of hydrogen-bond donors (Lipinski definition) is 0. The van der Waals surface area contributed by atoms with Crippen molar-refractivity contribution in [2.45, 2.75) is 6.92 Å². The van der Waals surface area contributed by atoms with Crippen LogP contribution in [0.3, 0.4) is 0 Å². The van der Waals surface area contributed by atoms with Gasteiger partial charge in [0.15, 0.2) is 10.9 Å². The van der Waals surface area contributed by atoms with Gasteiger partial charge < -0.3 is 9.80 Å². The quantitative estimate of drug-likeness (QED) is 0.556. The van der Waals surface area contributed by atoms with Crippen molar-refractivity contribution >= 4 is 38.0 Å². The summed E-state index contributed by atoms with van der Waals surface area (Å²) >= 11 is 1.77. The Hall–Kier alpha value is -2.67. The molecular formula is C18H18N6S. The van der Waals surface area contributed by atoms with E-state index >= 15 is 0 Å². The lowest BCUT2D eigenvalue weighted by Gasteiger charge is -2.35. The van der Waals surface area contributed by atoms with Crippen LogP contribution in [0.5, 0.6) is 0 Å². The number of anilines is 2. The van der Waals surface area contributed by atoms with Gasteiger partial charge in [-0.1, -0.05) is 23.5 Å². The number of nitrogens with zero attached hydrogens (tertiary/aromatic N) is 6. The third kappa shape index (κ3) is 2.51. The molecule has 1 aliphatic heterocycles. The Balaban J connectivity index is 1.38. The summed E-state index contributed by atoms with van der Waals surface area (Å²) in [5.74, 6) is 1.02. The van der Waals surface area contributed by atoms with Crippen molar-refractivity contribution in [3.63, 3.8) is 0 Å². The van der Waals surface area contributed by atoms with E-state index in [-0.39, 0.29) is 0 Å². The smallest absolute Gasteiger partial charge is 0.186 e. The van der Waals surface area contributed by atoms with Gasteiger partial charge >= 0.3 is 0 Å². The molecule has 0 radical (unpaired) electrons. The number of para-hydroxylation sites is 1. The lowest BCUT2D eigenvalue weighted by molar-refractivity contribution is 0.646. The van der Waals surface area contributed by atoms with Crippen molar-refractivity contribution in [1.29, 1.82) is 0 Å². The molecule has 126 valence electrons. The number of aryl methyl sites for hydroxylation is 1. The van der Waals surface area contributed by atoms with Gasteiger partial charge in [-0.25, -0.2) is 14.5 Å². The molecule has 5 rings (SSSR count). The van der Waals surface area contributed by atoms with E-state index in [1.807, 2.05) is 29.9 Å². The Bertz CT molecular complexity index is 1010. The average Bonchev–Trinajstić information content (AvgIpc) is 3.24. The number of benzene rings is 1. The molecule has 4 aromatic rings. The van der Waals surface area contributed by atoms with Gasteiger partial charge in [0.1, 0.15) is 5.52 Å². The average molecular weight is 350 g/mol. The van der Waals surface area contributed by atoms with Gasteiger partial charge in [-0.15, -0.1) is 0 Å². The zero-order chi connectivity index (χ0) is 16.8. The van der Waals surface area contributed by atoms with Crippen molar-refractivity contribution in [3.8, 4) is 0 Å². The molecule has 0 N–H and O–H groups in total. The molecule has 7 heteroatoms. The molecule has 1 aromatic carbocycles. The van der Waals surface area contributed by atoms with Gasteiger partial charge in [0.25, 0.3) is 0 Å². The van der Waals surface area contributed by atoms with Crippen LogP contribution in [0.15, 0.2) is 42.7 Å². The molecule has 4 heterocycles. The van der Waals surface area contributed by atoms with Gasteiger partial charge in [-0.2, -0.15) is 5.10 Å². The molecule has 0 aliphatic carbocycles. The van der Waals surface area contributed by atoms with E-state index in [4.69, 9.17) is 4.98 Å². The fourth-order valence-electron chi connectivity index (χ4n) is 3.38. The van der Waals surface area contributed by atoms with E-state index in [0.717, 1.165) is 53.9 Å². The molecule has 0 atom stereocenters. The number of aromatic nitrogens is 4. The Kier molecular flexibility index (Phi) is 3.34. The maximum Gasteiger partial charge on any atom is 0.186 e. The summed E-state index contributed by atoms with van der Waals surface area (Å²) in [7, 11) is 0. The van der Waals surface area contributed by atoms with Crippen molar-refractivity contribution < 1.29 is 0 Å². The van der Waals surface area contributed by atoms with Crippen LogP contribution in [0.1, 0.15) is 5.69 Å². The number of fused-ring (bicyclic) bond motifs is 2. The SMILES string of the molecule is Cc1cc2c(N3CCN(c4nc5ccccc5s4)CC3)nccn2n1. The standard InChI is InChI=1S/C18H18N6S/c1-13-12-15-17(19-6-7-24(15)21-13)22-8-10-23(11-9-22)18-20-14-4-2-3-5-16(14)25-18/h2-7,12H,8-11H2,1H3. The Morgan fingerprint density at radius 1 is 1.04 bits per heavy atom. The van der Waals surface area contributed by atoms with E-state index in [1.165, 1.54) is 4.70 Å². The fourth-order valence-corrected chi connectivity index (χ4v) is 4.40. The molecule has 1 saturated heterocycles. The second-order valence-electron chi connectivity index (χ2n) is 6.30. The molecule has 6 nitrogen and oxygen atoms in total. The molecule has 1 aliphatic rings. The summed E-state index contributed by atoms with van der Waals surface area (Å²) < 4.78 is 3.17. The van der Waals surface area contributed by atoms with Crippen molar-refractivity contribution in [1.82, 2.24) is 19.6 Å². The molecule has 1 fully saturated rings. The minimum absolute atomic E-state index is 0.937. The number of piperazine rings is 1. The Morgan fingerprint density at radius 3 is 2.68 bits per heavy atom. The largest absolute Gasteiger partial charge is 0.351 e. The molecule has 0 bridgehead atoms.